The van der Waals surface area contributed by atoms with E-state index in [9.17, 15) is 0 Å². The van der Waals surface area contributed by atoms with E-state index in [2.05, 4.69) is 233 Å². The minimum absolute atomic E-state index is 0. The zero-order chi connectivity index (χ0) is 52.0. The van der Waals surface area contributed by atoms with Crippen molar-refractivity contribution in [3.63, 3.8) is 0 Å². The van der Waals surface area contributed by atoms with Crippen LogP contribution in [0.2, 0.25) is 0 Å². The van der Waals surface area contributed by atoms with E-state index in [0.717, 1.165) is 116 Å². The molecule has 0 aliphatic rings. The van der Waals surface area contributed by atoms with Gasteiger partial charge in [0.25, 0.3) is 0 Å². The first-order chi connectivity index (χ1) is 38.7. The molecule has 0 aliphatic carbocycles. The summed E-state index contributed by atoms with van der Waals surface area (Å²) in [4.78, 5) is 28.8. The summed E-state index contributed by atoms with van der Waals surface area (Å²) in [5.74, 6) is 0. The van der Waals surface area contributed by atoms with Gasteiger partial charge in [-0.3, -0.25) is 15.0 Å². The van der Waals surface area contributed by atoms with Crippen LogP contribution in [0.5, 0.6) is 0 Å². The van der Waals surface area contributed by atoms with Crippen LogP contribution in [0.1, 0.15) is 0 Å². The molecular weight excluding hydrogens is 1050 g/mol. The van der Waals surface area contributed by atoms with Gasteiger partial charge in [0, 0.05) is 104 Å². The molecule has 0 saturated heterocycles. The van der Waals surface area contributed by atoms with Crippen LogP contribution >= 0.6 is 0 Å². The summed E-state index contributed by atoms with van der Waals surface area (Å²) in [6.45, 7) is 0. The Morgan fingerprint density at radius 3 is 0.709 bits per heavy atom. The van der Waals surface area contributed by atoms with Crippen molar-refractivity contribution >= 4 is 65.4 Å². The van der Waals surface area contributed by atoms with Gasteiger partial charge in [0.15, 0.2) is 0 Å². The van der Waals surface area contributed by atoms with E-state index >= 15 is 0 Å². The topological polar surface area (TPSA) is 77.3 Å². The number of hydrogen-bond acceptors (Lipinski definition) is 6. The van der Waals surface area contributed by atoms with Crippen molar-refractivity contribution in [3.8, 4) is 67.2 Å². The molecule has 6 aromatic heterocycles. The van der Waals surface area contributed by atoms with Crippen molar-refractivity contribution in [1.29, 1.82) is 0 Å². The molecule has 0 N–H and O–H groups in total. The molecule has 0 saturated carbocycles. The summed E-state index contributed by atoms with van der Waals surface area (Å²) in [7, 11) is 0. The van der Waals surface area contributed by atoms with Gasteiger partial charge in [-0.2, -0.15) is 0 Å². The smallest absolute Gasteiger partial charge is 0.0804 e. The number of benzene rings is 9. The van der Waals surface area contributed by atoms with Crippen LogP contribution in [0.4, 0.5) is 0 Å². The number of pyridine rings is 6. The third-order valence-corrected chi connectivity index (χ3v) is 14.1. The fraction of sp³-hybridized carbons (Fsp3) is 0. The van der Waals surface area contributed by atoms with E-state index in [1.54, 1.807) is 0 Å². The Bertz CT molecular complexity index is 4120. The molecule has 0 spiro atoms. The summed E-state index contributed by atoms with van der Waals surface area (Å²) >= 11 is 0. The van der Waals surface area contributed by atoms with Gasteiger partial charge in [-0.25, -0.2) is 15.0 Å². The number of aromatic nitrogens is 6. The fourth-order valence-electron chi connectivity index (χ4n) is 10.3. The van der Waals surface area contributed by atoms with Crippen LogP contribution in [0.15, 0.2) is 292 Å². The maximum atomic E-state index is 5.11. The third kappa shape index (κ3) is 10.3. The molecule has 7 heteroatoms. The molecule has 0 aliphatic heterocycles. The summed E-state index contributed by atoms with van der Waals surface area (Å²) in [5.41, 5.74) is 19.2. The van der Waals surface area contributed by atoms with Gasteiger partial charge in [0.1, 0.15) is 0 Å². The molecule has 6 nitrogen and oxygen atoms in total. The molecule has 9 aromatic carbocycles. The largest absolute Gasteiger partial charge is 0.256 e. The maximum Gasteiger partial charge on any atom is 0.0804 e. The standard InChI is InChI=1S/3C24H16N2.Ru/c3*1-3-8-17(9-4-1)21-16-19-13-14-22-20(12-7-15-25-22)24(19)26-23(21)18-10-5-2-6-11-18;/h3*1-16H;. The van der Waals surface area contributed by atoms with Crippen LogP contribution in [-0.4, -0.2) is 29.9 Å². The van der Waals surface area contributed by atoms with Gasteiger partial charge in [-0.15, -0.1) is 0 Å². The van der Waals surface area contributed by atoms with Gasteiger partial charge in [-0.1, -0.05) is 200 Å². The van der Waals surface area contributed by atoms with E-state index in [1.807, 2.05) is 73.2 Å². The van der Waals surface area contributed by atoms with E-state index in [4.69, 9.17) is 15.0 Å². The zero-order valence-electron chi connectivity index (χ0n) is 42.7. The van der Waals surface area contributed by atoms with Gasteiger partial charge in [0.05, 0.1) is 50.2 Å². The summed E-state index contributed by atoms with van der Waals surface area (Å²) in [6.07, 6.45) is 5.47. The SMILES string of the molecule is [Ru].c1ccc(-c2cc3ccc4ncccc4c3nc2-c2ccccc2)cc1.c1ccc(-c2cc3ccc4ncccc4c3nc2-c2ccccc2)cc1.c1ccc(-c2cc3ccc4ncccc4c3nc2-c2ccccc2)cc1. The monoisotopic (exact) mass is 1100 g/mol. The Balaban J connectivity index is 0.000000118. The van der Waals surface area contributed by atoms with Gasteiger partial charge >= 0.3 is 0 Å². The average Bonchev–Trinajstić information content (AvgIpc) is 3.71. The van der Waals surface area contributed by atoms with E-state index in [1.165, 1.54) is 16.7 Å². The Morgan fingerprint density at radius 2 is 0.456 bits per heavy atom. The molecule has 0 fully saturated rings. The Kier molecular flexibility index (Phi) is 14.4. The normalized spacial score (nSPS) is 10.9. The Labute approximate surface area is 470 Å². The number of hydrogen-bond donors (Lipinski definition) is 0. The zero-order valence-corrected chi connectivity index (χ0v) is 44.5. The van der Waals surface area contributed by atoms with Crippen molar-refractivity contribution in [3.05, 3.63) is 292 Å². The summed E-state index contributed by atoms with van der Waals surface area (Å²) in [6, 6.07) is 93.9. The van der Waals surface area contributed by atoms with Crippen molar-refractivity contribution in [2.24, 2.45) is 0 Å². The molecule has 0 unspecified atom stereocenters. The van der Waals surface area contributed by atoms with Gasteiger partial charge in [-0.05, 0) is 89.5 Å². The second-order valence-corrected chi connectivity index (χ2v) is 19.0. The number of fused-ring (bicyclic) bond motifs is 9. The average molecular weight is 1100 g/mol. The third-order valence-electron chi connectivity index (χ3n) is 14.1. The van der Waals surface area contributed by atoms with E-state index < -0.39 is 0 Å². The summed E-state index contributed by atoms with van der Waals surface area (Å²) < 4.78 is 0. The van der Waals surface area contributed by atoms with Crippen molar-refractivity contribution < 1.29 is 19.5 Å². The van der Waals surface area contributed by atoms with Crippen LogP contribution in [0.25, 0.3) is 133 Å². The quantitative estimate of drug-likeness (QED) is 0.122. The predicted octanol–water partition coefficient (Wildman–Crippen LogP) is 18.3. The second kappa shape index (κ2) is 22.7. The summed E-state index contributed by atoms with van der Waals surface area (Å²) in [5, 5.41) is 6.64. The second-order valence-electron chi connectivity index (χ2n) is 19.0. The fourth-order valence-corrected chi connectivity index (χ4v) is 10.3. The van der Waals surface area contributed by atoms with Crippen molar-refractivity contribution in [2.75, 3.05) is 0 Å². The predicted molar refractivity (Wildman–Crippen MR) is 324 cm³/mol. The van der Waals surface area contributed by atoms with Crippen molar-refractivity contribution in [2.45, 2.75) is 0 Å². The molecule has 0 bridgehead atoms. The molecule has 15 aromatic rings. The molecule has 6 heterocycles. The minimum atomic E-state index is 0. The van der Waals surface area contributed by atoms with Gasteiger partial charge in [0.2, 0.25) is 0 Å². The van der Waals surface area contributed by atoms with E-state index in [0.29, 0.717) is 0 Å². The Morgan fingerprint density at radius 1 is 0.215 bits per heavy atom. The first-order valence-electron chi connectivity index (χ1n) is 26.1. The molecule has 0 atom stereocenters. The molecule has 79 heavy (non-hydrogen) atoms. The van der Waals surface area contributed by atoms with Crippen LogP contribution in [-0.2, 0) is 19.5 Å². The molecule has 0 radical (unpaired) electrons. The first-order valence-corrected chi connectivity index (χ1v) is 26.1. The first kappa shape index (κ1) is 49.9. The maximum absolute atomic E-state index is 5.11. The Hall–Kier alpha value is -9.94. The van der Waals surface area contributed by atoms with Crippen molar-refractivity contribution in [1.82, 2.24) is 29.9 Å². The number of nitrogens with zero attached hydrogens (tertiary/aromatic N) is 6. The molecule has 374 valence electrons. The van der Waals surface area contributed by atoms with Crippen LogP contribution in [0, 0.1) is 0 Å². The molecular formula is C72H48N6Ru. The van der Waals surface area contributed by atoms with Crippen LogP contribution in [0.3, 0.4) is 0 Å². The van der Waals surface area contributed by atoms with Gasteiger partial charge < -0.3 is 0 Å². The van der Waals surface area contributed by atoms with Crippen LogP contribution < -0.4 is 0 Å². The molecule has 0 amide bonds. The number of rotatable bonds is 6. The van der Waals surface area contributed by atoms with E-state index in [-0.39, 0.29) is 19.5 Å². The molecule has 15 rings (SSSR count). The minimum Gasteiger partial charge on any atom is -0.256 e.